The highest BCUT2D eigenvalue weighted by Crippen LogP contribution is 2.59. The molecule has 5 aromatic carbocycles. The van der Waals surface area contributed by atoms with Gasteiger partial charge < -0.3 is 35.8 Å². The van der Waals surface area contributed by atoms with Gasteiger partial charge in [0, 0.05) is 124 Å². The molecule has 0 unspecified atom stereocenters. The molecule has 4 heterocycles. The van der Waals surface area contributed by atoms with E-state index in [4.69, 9.17) is 11.6 Å². The number of rotatable bonds is 28. The fourth-order valence-electron chi connectivity index (χ4n) is 14.4. The van der Waals surface area contributed by atoms with Gasteiger partial charge in [0.2, 0.25) is 23.6 Å². The zero-order valence-electron chi connectivity index (χ0n) is 59.9. The second-order valence-corrected chi connectivity index (χ2v) is 35.5. The number of amides is 5. The highest BCUT2D eigenvalue weighted by molar-refractivity contribution is 7.99. The number of nitrogens with one attached hydrogen (secondary N) is 4. The highest BCUT2D eigenvalue weighted by Gasteiger charge is 2.50. The molecule has 564 valence electrons. The number of nitrogens with zero attached hydrogens (tertiary/aromatic N) is 6. The number of sulfone groups is 1. The molecular weight excluding hydrogens is 1450 g/mol. The number of benzene rings is 5. The van der Waals surface area contributed by atoms with Crippen molar-refractivity contribution in [3.63, 3.8) is 0 Å². The van der Waals surface area contributed by atoms with Gasteiger partial charge in [0.05, 0.1) is 38.8 Å². The fourth-order valence-corrected chi connectivity index (χ4v) is 18.4. The number of aryl methyl sites for hydroxylation is 1. The number of alkyl halides is 3. The number of carbonyl (C=O) groups is 5. The predicted molar refractivity (Wildman–Crippen MR) is 405 cm³/mol. The number of thioether (sulfide) groups is 1. The van der Waals surface area contributed by atoms with Crippen molar-refractivity contribution in [2.45, 2.75) is 162 Å². The van der Waals surface area contributed by atoms with Crippen molar-refractivity contribution in [3.05, 3.63) is 160 Å². The van der Waals surface area contributed by atoms with Gasteiger partial charge in [-0.05, 0) is 165 Å². The number of carbonyl (C=O) groups excluding carboxylic acids is 5. The van der Waals surface area contributed by atoms with E-state index in [1.165, 1.54) is 64.8 Å². The van der Waals surface area contributed by atoms with E-state index in [1.54, 1.807) is 33.9 Å². The Bertz CT molecular complexity index is 4340. The number of aliphatic hydroxyl groups excluding tert-OH is 1. The number of allylic oxidation sites excluding steroid dienone is 1. The molecule has 3 aliphatic heterocycles. The van der Waals surface area contributed by atoms with Crippen LogP contribution in [-0.2, 0) is 39.0 Å². The molecule has 28 heteroatoms. The predicted octanol–water partition coefficient (Wildman–Crippen LogP) is 12.2. The molecule has 1 spiro atoms. The first kappa shape index (κ1) is 78.7. The minimum absolute atomic E-state index is 0.0362. The van der Waals surface area contributed by atoms with Crippen LogP contribution in [0, 0.1) is 17.8 Å². The average Bonchev–Trinajstić information content (AvgIpc) is 1.76. The molecule has 4 fully saturated rings. The Morgan fingerprint density at radius 2 is 1.45 bits per heavy atom. The summed E-state index contributed by atoms with van der Waals surface area (Å²) >= 11 is 9.18. The quantitative estimate of drug-likeness (QED) is 0.0226. The molecule has 5 amide bonds. The lowest BCUT2D eigenvalue weighted by Gasteiger charge is -2.38. The Labute approximate surface area is 627 Å². The Hall–Kier alpha value is -7.37. The Kier molecular flexibility index (Phi) is 25.4. The third-order valence-corrected chi connectivity index (χ3v) is 26.1. The van der Waals surface area contributed by atoms with Crippen LogP contribution >= 0.6 is 34.7 Å². The molecule has 0 radical (unpaired) electrons. The van der Waals surface area contributed by atoms with Crippen molar-refractivity contribution < 1.29 is 59.1 Å². The molecule has 5 aliphatic rings. The van der Waals surface area contributed by atoms with Gasteiger partial charge in [-0.2, -0.15) is 13.2 Å². The van der Waals surface area contributed by atoms with Crippen molar-refractivity contribution in [2.75, 3.05) is 88.0 Å². The third-order valence-electron chi connectivity index (χ3n) is 20.9. The summed E-state index contributed by atoms with van der Waals surface area (Å²) in [5, 5.41) is 20.4. The number of halogens is 4. The number of anilines is 2. The first-order chi connectivity index (χ1) is 49.9. The molecule has 5 N–H and O–H groups in total. The van der Waals surface area contributed by atoms with Crippen molar-refractivity contribution in [1.29, 1.82) is 0 Å². The van der Waals surface area contributed by atoms with E-state index in [2.05, 4.69) is 47.8 Å². The van der Waals surface area contributed by atoms with Crippen LogP contribution in [0.3, 0.4) is 0 Å². The van der Waals surface area contributed by atoms with Crippen molar-refractivity contribution in [1.82, 2.24) is 39.9 Å². The molecule has 6 aromatic rings. The molecule has 0 bridgehead atoms. The molecule has 11 rings (SSSR count). The summed E-state index contributed by atoms with van der Waals surface area (Å²) in [5.41, 5.74) is 2.91. The molecule has 5 atom stereocenters. The maximum atomic E-state index is 14.6. The average molecular weight is 1540 g/mol. The lowest BCUT2D eigenvalue weighted by molar-refractivity contribution is -0.144. The van der Waals surface area contributed by atoms with Crippen molar-refractivity contribution in [2.24, 2.45) is 10.8 Å². The molecule has 105 heavy (non-hydrogen) atoms. The fraction of sp³-hybridized carbons (Fsp3) is 0.481. The van der Waals surface area contributed by atoms with E-state index >= 15 is 0 Å². The number of hydrogen-bond acceptors (Lipinski definition) is 17. The first-order valence-electron chi connectivity index (χ1n) is 36.0. The summed E-state index contributed by atoms with van der Waals surface area (Å²) in [7, 11) is -11.1. The number of sulfonamides is 1. The van der Waals surface area contributed by atoms with Gasteiger partial charge in [-0.15, -0.1) is 23.1 Å². The van der Waals surface area contributed by atoms with Crippen LogP contribution in [0.4, 0.5) is 24.5 Å². The molecule has 1 aromatic heterocycles. The number of aromatic nitrogens is 1. The van der Waals surface area contributed by atoms with E-state index < -0.39 is 94.3 Å². The van der Waals surface area contributed by atoms with Gasteiger partial charge in [0.25, 0.3) is 25.8 Å². The van der Waals surface area contributed by atoms with Gasteiger partial charge in [0.1, 0.15) is 17.0 Å². The Morgan fingerprint density at radius 3 is 2.10 bits per heavy atom. The largest absolute Gasteiger partial charge is 0.501 e. The number of thiazole rings is 1. The van der Waals surface area contributed by atoms with Gasteiger partial charge in [0.15, 0.2) is 0 Å². The lowest BCUT2D eigenvalue weighted by atomic mass is 9.79. The van der Waals surface area contributed by atoms with Gasteiger partial charge in [-0.1, -0.05) is 99.0 Å². The molecular formula is C77H94ClF3N10O10S4. The topological polar surface area (TPSA) is 251 Å². The second kappa shape index (κ2) is 33.8. The summed E-state index contributed by atoms with van der Waals surface area (Å²) in [6.45, 7) is 15.3. The smallest absolute Gasteiger partial charge is 0.391 e. The standard InChI is InChI=1S/C77H94ClF3N10O10S4/c1-51(53-16-18-55(19-17-53)70-52(2)82-50-103-70)83-73(96)66-44-61(92)48-91(66)74(97)71(75(3,4)5)85-68(93)14-10-7-11-15-69(94)90-42-36-87(37-43-90)35-31-59(49-102-62-12-8-6-9-13-62)84-65-29-28-63(45-67(65)104(98,99)77(79,80)81)105(100,101)86-72(95)56-22-26-60(27-23-56)89-40-38-88(39-41-89)47-57-46-76(33-34-76)32-30-64(57)54-20-24-58(78)25-21-54/h6,8-9,12-13,16-29,45,50-51,59,61,66,71,84,92H,7,10-11,14-15,30-44,46-49H2,1-5H3,(H,83,96)(H,85,93)(H,86,95)/t51-,59+,61+,66-,71+/m0/s1. The van der Waals surface area contributed by atoms with Crippen LogP contribution in [0.5, 0.6) is 0 Å². The Balaban J connectivity index is 0.642. The minimum atomic E-state index is -6.18. The molecule has 20 nitrogen and oxygen atoms in total. The second-order valence-electron chi connectivity index (χ2n) is 29.5. The number of piperazine rings is 2. The third kappa shape index (κ3) is 20.1. The summed E-state index contributed by atoms with van der Waals surface area (Å²) in [6, 6.07) is 30.9. The van der Waals surface area contributed by atoms with Crippen LogP contribution in [0.1, 0.15) is 138 Å². The SMILES string of the molecule is Cc1ncsc1-c1ccc([C@H](C)NC(=O)[C@@H]2C[C@@H](O)CN2C(=O)[C@@H](NC(=O)CCCCCC(=O)N2CCN(CC[C@H](CSc3ccccc3)Nc3ccc(S(=O)(=O)NC(=O)c4ccc(N5CCN(CC6=C(c7ccc(Cl)cc7)CCC7(CC7)C6)CC5)cc4)cc3S(=O)(=O)C(F)(F)F)CC2)C(C)(C)C)cc1. The maximum Gasteiger partial charge on any atom is 0.501 e. The van der Waals surface area contributed by atoms with Crippen LogP contribution in [0.2, 0.25) is 5.02 Å². The monoisotopic (exact) mass is 1540 g/mol. The van der Waals surface area contributed by atoms with Crippen molar-refractivity contribution >= 4 is 101 Å². The number of β-amino-alcohol motifs (C(OH)–C–C–N with tert-alkyl or cyclic N) is 1. The van der Waals surface area contributed by atoms with Crippen LogP contribution < -0.4 is 25.6 Å². The van der Waals surface area contributed by atoms with Crippen LogP contribution in [0.25, 0.3) is 16.0 Å². The highest BCUT2D eigenvalue weighted by atomic mass is 35.5. The summed E-state index contributed by atoms with van der Waals surface area (Å²) in [4.78, 5) is 82.7. The number of likely N-dealkylation sites (tertiary alicyclic amines) is 1. The number of unbranched alkanes of at least 4 members (excludes halogenated alkanes) is 2. The zero-order chi connectivity index (χ0) is 75.0. The molecule has 3 saturated heterocycles. The summed E-state index contributed by atoms with van der Waals surface area (Å²) < 4.78 is 100. The maximum absolute atomic E-state index is 14.6. The Morgan fingerprint density at radius 1 is 0.781 bits per heavy atom. The van der Waals surface area contributed by atoms with E-state index in [9.17, 15) is 59.1 Å². The van der Waals surface area contributed by atoms with Crippen molar-refractivity contribution in [3.8, 4) is 10.4 Å². The van der Waals surface area contributed by atoms with Gasteiger partial charge in [-0.3, -0.25) is 33.8 Å². The lowest BCUT2D eigenvalue weighted by Crippen LogP contribution is -2.57. The van der Waals surface area contributed by atoms with E-state index in [1.807, 2.05) is 106 Å². The minimum Gasteiger partial charge on any atom is -0.391 e. The number of aliphatic hydroxyl groups is 1. The summed E-state index contributed by atoms with van der Waals surface area (Å²) in [6.07, 6.45) is 7.16. The van der Waals surface area contributed by atoms with Crippen LogP contribution in [0.15, 0.2) is 147 Å². The van der Waals surface area contributed by atoms with Crippen LogP contribution in [-0.4, -0.2) is 184 Å². The van der Waals surface area contributed by atoms with E-state index in [0.717, 1.165) is 90.0 Å². The van der Waals surface area contributed by atoms with E-state index in [0.29, 0.717) is 74.9 Å². The first-order valence-corrected chi connectivity index (χ1v) is 41.2. The van der Waals surface area contributed by atoms with Gasteiger partial charge >= 0.3 is 5.51 Å². The normalized spacial score (nSPS) is 19.1. The molecule has 1 saturated carbocycles. The number of hydrogen-bond donors (Lipinski definition) is 5. The zero-order valence-corrected chi connectivity index (χ0v) is 64.0. The molecule has 2 aliphatic carbocycles. The van der Waals surface area contributed by atoms with E-state index in [-0.39, 0.29) is 48.9 Å². The summed E-state index contributed by atoms with van der Waals surface area (Å²) in [5.74, 6) is -2.09. The van der Waals surface area contributed by atoms with Gasteiger partial charge in [-0.25, -0.2) is 26.5 Å².